The molecule has 0 unspecified atom stereocenters. The Bertz CT molecular complexity index is 748. The van der Waals surface area contributed by atoms with Crippen molar-refractivity contribution >= 4 is 17.5 Å². The van der Waals surface area contributed by atoms with Gasteiger partial charge >= 0.3 is 6.03 Å². The van der Waals surface area contributed by atoms with Crippen LogP contribution in [0.4, 0.5) is 16.3 Å². The topological polar surface area (TPSA) is 58.1 Å². The number of pyridine rings is 2. The molecule has 0 aliphatic heterocycles. The molecule has 5 nitrogen and oxygen atoms in total. The maximum atomic E-state index is 12.7. The summed E-state index contributed by atoms with van der Waals surface area (Å²) < 4.78 is 0. The van der Waals surface area contributed by atoms with Crippen LogP contribution in [-0.4, -0.2) is 16.0 Å². The molecule has 2 amide bonds. The van der Waals surface area contributed by atoms with Crippen LogP contribution in [0.1, 0.15) is 5.69 Å². The zero-order valence-corrected chi connectivity index (χ0v) is 12.5. The van der Waals surface area contributed by atoms with Crippen LogP contribution >= 0.6 is 0 Å². The third-order valence-electron chi connectivity index (χ3n) is 3.24. The molecule has 3 rings (SSSR count). The van der Waals surface area contributed by atoms with Gasteiger partial charge in [0.25, 0.3) is 0 Å². The predicted molar refractivity (Wildman–Crippen MR) is 90.1 cm³/mol. The number of amides is 2. The third-order valence-corrected chi connectivity index (χ3v) is 3.24. The summed E-state index contributed by atoms with van der Waals surface area (Å²) >= 11 is 0. The smallest absolute Gasteiger partial charge is 0.307 e. The van der Waals surface area contributed by atoms with E-state index in [1.54, 1.807) is 23.4 Å². The molecule has 0 radical (unpaired) electrons. The summed E-state index contributed by atoms with van der Waals surface area (Å²) in [6.45, 7) is 0.344. The first-order valence-corrected chi connectivity index (χ1v) is 7.27. The Morgan fingerprint density at radius 2 is 1.57 bits per heavy atom. The molecule has 1 aromatic carbocycles. The molecule has 114 valence electrons. The van der Waals surface area contributed by atoms with Gasteiger partial charge in [0.05, 0.1) is 12.2 Å². The Kier molecular flexibility index (Phi) is 4.59. The molecule has 23 heavy (non-hydrogen) atoms. The fraction of sp³-hybridized carbons (Fsp3) is 0.0556. The highest BCUT2D eigenvalue weighted by atomic mass is 16.2. The number of hydrogen-bond donors (Lipinski definition) is 1. The molecule has 0 saturated heterocycles. The maximum absolute atomic E-state index is 12.7. The van der Waals surface area contributed by atoms with Gasteiger partial charge < -0.3 is 5.32 Å². The Balaban J connectivity index is 1.84. The van der Waals surface area contributed by atoms with E-state index in [-0.39, 0.29) is 6.03 Å². The SMILES string of the molecule is O=C(Nc1ccccc1)N(Cc1ccccn1)c1ccccn1. The summed E-state index contributed by atoms with van der Waals surface area (Å²) in [5.74, 6) is 0.576. The minimum Gasteiger partial charge on any atom is -0.307 e. The highest BCUT2D eigenvalue weighted by Crippen LogP contribution is 2.15. The second kappa shape index (κ2) is 7.17. The van der Waals surface area contributed by atoms with Crippen molar-refractivity contribution in [1.82, 2.24) is 9.97 Å². The molecular formula is C18H16N4O. The number of nitrogens with zero attached hydrogens (tertiary/aromatic N) is 3. The van der Waals surface area contributed by atoms with Crippen LogP contribution in [0.5, 0.6) is 0 Å². The number of urea groups is 1. The van der Waals surface area contributed by atoms with Crippen molar-refractivity contribution in [3.8, 4) is 0 Å². The number of anilines is 2. The largest absolute Gasteiger partial charge is 0.327 e. The normalized spacial score (nSPS) is 10.1. The first kappa shape index (κ1) is 14.7. The van der Waals surface area contributed by atoms with Crippen LogP contribution in [0.25, 0.3) is 0 Å². The summed E-state index contributed by atoms with van der Waals surface area (Å²) in [7, 11) is 0. The van der Waals surface area contributed by atoms with Gasteiger partial charge in [-0.05, 0) is 36.4 Å². The molecule has 0 spiro atoms. The Hall–Kier alpha value is -3.21. The van der Waals surface area contributed by atoms with Gasteiger partial charge in [0.2, 0.25) is 0 Å². The zero-order chi connectivity index (χ0) is 15.9. The number of nitrogens with one attached hydrogen (secondary N) is 1. The van der Waals surface area contributed by atoms with E-state index in [1.165, 1.54) is 0 Å². The first-order chi connectivity index (χ1) is 11.3. The lowest BCUT2D eigenvalue weighted by atomic mass is 10.3. The molecular weight excluding hydrogens is 288 g/mol. The van der Waals surface area contributed by atoms with E-state index in [1.807, 2.05) is 60.7 Å². The van der Waals surface area contributed by atoms with Gasteiger partial charge in [-0.25, -0.2) is 9.78 Å². The van der Waals surface area contributed by atoms with Crippen LogP contribution < -0.4 is 10.2 Å². The van der Waals surface area contributed by atoms with Gasteiger partial charge in [-0.2, -0.15) is 0 Å². The van der Waals surface area contributed by atoms with Crippen LogP contribution in [0, 0.1) is 0 Å². The number of benzene rings is 1. The lowest BCUT2D eigenvalue weighted by molar-refractivity contribution is 0.256. The van der Waals surface area contributed by atoms with E-state index in [4.69, 9.17) is 0 Å². The second-order valence-corrected chi connectivity index (χ2v) is 4.89. The molecule has 0 atom stereocenters. The molecule has 5 heteroatoms. The highest BCUT2D eigenvalue weighted by molar-refractivity contribution is 6.00. The van der Waals surface area contributed by atoms with Crippen LogP contribution in [0.15, 0.2) is 79.1 Å². The van der Waals surface area contributed by atoms with Crippen LogP contribution in [-0.2, 0) is 6.54 Å². The molecule has 0 bridgehead atoms. The monoisotopic (exact) mass is 304 g/mol. The minimum atomic E-state index is -0.249. The average molecular weight is 304 g/mol. The Morgan fingerprint density at radius 1 is 0.870 bits per heavy atom. The molecule has 2 heterocycles. The second-order valence-electron chi connectivity index (χ2n) is 4.89. The van der Waals surface area contributed by atoms with Crippen molar-refractivity contribution in [2.45, 2.75) is 6.54 Å². The third kappa shape index (κ3) is 3.91. The van der Waals surface area contributed by atoms with Gasteiger partial charge in [-0.3, -0.25) is 9.88 Å². The minimum absolute atomic E-state index is 0.249. The van der Waals surface area contributed by atoms with Crippen LogP contribution in [0.2, 0.25) is 0 Å². The van der Waals surface area contributed by atoms with Gasteiger partial charge in [-0.15, -0.1) is 0 Å². The van der Waals surface area contributed by atoms with E-state index in [0.717, 1.165) is 11.4 Å². The number of aromatic nitrogens is 2. The van der Waals surface area contributed by atoms with E-state index in [9.17, 15) is 4.79 Å². The summed E-state index contributed by atoms with van der Waals surface area (Å²) in [5.41, 5.74) is 1.53. The number of hydrogen-bond acceptors (Lipinski definition) is 3. The van der Waals surface area contributed by atoms with E-state index in [2.05, 4.69) is 15.3 Å². The Morgan fingerprint density at radius 3 is 2.22 bits per heavy atom. The summed E-state index contributed by atoms with van der Waals surface area (Å²) in [4.78, 5) is 22.8. The predicted octanol–water partition coefficient (Wildman–Crippen LogP) is 3.72. The van der Waals surface area contributed by atoms with Crippen molar-refractivity contribution in [3.63, 3.8) is 0 Å². The van der Waals surface area contributed by atoms with Gasteiger partial charge in [0.1, 0.15) is 5.82 Å². The lowest BCUT2D eigenvalue weighted by Crippen LogP contribution is -2.35. The number of rotatable bonds is 4. The maximum Gasteiger partial charge on any atom is 0.327 e. The van der Waals surface area contributed by atoms with Gasteiger partial charge in [0.15, 0.2) is 0 Å². The molecule has 0 saturated carbocycles. The molecule has 2 aromatic heterocycles. The highest BCUT2D eigenvalue weighted by Gasteiger charge is 2.17. The Labute approximate surface area is 134 Å². The first-order valence-electron chi connectivity index (χ1n) is 7.27. The fourth-order valence-electron chi connectivity index (χ4n) is 2.14. The van der Waals surface area contributed by atoms with Gasteiger partial charge in [0, 0.05) is 18.1 Å². The summed E-state index contributed by atoms with van der Waals surface area (Å²) in [6.07, 6.45) is 3.37. The van der Waals surface area contributed by atoms with Crippen molar-refractivity contribution in [3.05, 3.63) is 84.8 Å². The standard InChI is InChI=1S/C18H16N4O/c23-18(21-15-8-2-1-3-9-15)22(17-11-5-7-13-20-17)14-16-10-4-6-12-19-16/h1-13H,14H2,(H,21,23). The van der Waals surface area contributed by atoms with Gasteiger partial charge in [-0.1, -0.05) is 30.3 Å². The van der Waals surface area contributed by atoms with Crippen LogP contribution in [0.3, 0.4) is 0 Å². The molecule has 0 fully saturated rings. The number of carbonyl (C=O) groups excluding carboxylic acids is 1. The van der Waals surface area contributed by atoms with Crippen molar-refractivity contribution in [1.29, 1.82) is 0 Å². The average Bonchev–Trinajstić information content (AvgIpc) is 2.62. The fourth-order valence-corrected chi connectivity index (χ4v) is 2.14. The van der Waals surface area contributed by atoms with E-state index in [0.29, 0.717) is 12.4 Å². The van der Waals surface area contributed by atoms with E-state index < -0.39 is 0 Å². The zero-order valence-electron chi connectivity index (χ0n) is 12.5. The van der Waals surface area contributed by atoms with Crippen molar-refractivity contribution < 1.29 is 4.79 Å². The van der Waals surface area contributed by atoms with E-state index >= 15 is 0 Å². The summed E-state index contributed by atoms with van der Waals surface area (Å²) in [6, 6.07) is 20.2. The quantitative estimate of drug-likeness (QED) is 0.799. The molecule has 0 aliphatic rings. The van der Waals surface area contributed by atoms with Crippen molar-refractivity contribution in [2.24, 2.45) is 0 Å². The molecule has 3 aromatic rings. The number of para-hydroxylation sites is 1. The lowest BCUT2D eigenvalue weighted by Gasteiger charge is -2.21. The van der Waals surface area contributed by atoms with Crippen molar-refractivity contribution in [2.75, 3.05) is 10.2 Å². The summed E-state index contributed by atoms with van der Waals surface area (Å²) in [5, 5.41) is 2.88. The molecule has 1 N–H and O–H groups in total. The number of carbonyl (C=O) groups is 1. The molecule has 0 aliphatic carbocycles.